The van der Waals surface area contributed by atoms with Gasteiger partial charge in [-0.15, -0.1) is 0 Å². The summed E-state index contributed by atoms with van der Waals surface area (Å²) >= 11 is 1.62. The van der Waals surface area contributed by atoms with Crippen molar-refractivity contribution in [3.05, 3.63) is 46.5 Å². The number of nitrogens with zero attached hydrogens (tertiary/aromatic N) is 3. The first kappa shape index (κ1) is 17.1. The molecular formula is C19H21N3O3S. The molecule has 1 aliphatic rings. The summed E-state index contributed by atoms with van der Waals surface area (Å²) in [6.07, 6.45) is 2.19. The molecule has 0 radical (unpaired) electrons. The minimum absolute atomic E-state index is 0.247. The van der Waals surface area contributed by atoms with E-state index in [1.807, 2.05) is 29.0 Å². The molecule has 0 aliphatic carbocycles. The topological polar surface area (TPSA) is 60.6 Å². The molecule has 4 rings (SSSR count). The number of methoxy groups -OCH3 is 2. The third-order valence-corrected chi connectivity index (χ3v) is 5.43. The van der Waals surface area contributed by atoms with Gasteiger partial charge in [-0.25, -0.2) is 0 Å². The van der Waals surface area contributed by atoms with Gasteiger partial charge in [-0.2, -0.15) is 16.3 Å². The molecular weight excluding hydrogens is 350 g/mol. The molecule has 0 amide bonds. The molecule has 3 aromatic rings. The average molecular weight is 371 g/mol. The van der Waals surface area contributed by atoms with Gasteiger partial charge in [0, 0.05) is 22.5 Å². The standard InChI is InChI=1S/C19H21N3O3S/c1-23-14-5-6-17(24-2)15(10-14)16-4-3-8-22(16)11-18-20-19(21-25-18)13-7-9-26-12-13/h5-7,9-10,12,16H,3-4,8,11H2,1-2H3. The Hall–Kier alpha value is -2.38. The monoisotopic (exact) mass is 371 g/mol. The van der Waals surface area contributed by atoms with E-state index >= 15 is 0 Å². The molecule has 0 N–H and O–H groups in total. The van der Waals surface area contributed by atoms with Gasteiger partial charge in [0.25, 0.3) is 0 Å². The smallest absolute Gasteiger partial charge is 0.241 e. The Morgan fingerprint density at radius 2 is 2.19 bits per heavy atom. The fourth-order valence-electron chi connectivity index (χ4n) is 3.47. The highest BCUT2D eigenvalue weighted by Gasteiger charge is 2.30. The van der Waals surface area contributed by atoms with E-state index < -0.39 is 0 Å². The van der Waals surface area contributed by atoms with Gasteiger partial charge in [-0.3, -0.25) is 4.90 Å². The van der Waals surface area contributed by atoms with Crippen LogP contribution < -0.4 is 9.47 Å². The number of likely N-dealkylation sites (tertiary alicyclic amines) is 1. The molecule has 0 spiro atoms. The van der Waals surface area contributed by atoms with Crippen molar-refractivity contribution in [3.63, 3.8) is 0 Å². The molecule has 136 valence electrons. The van der Waals surface area contributed by atoms with Crippen LogP contribution in [0.5, 0.6) is 11.5 Å². The van der Waals surface area contributed by atoms with Crippen LogP contribution in [0.1, 0.15) is 30.3 Å². The summed E-state index contributed by atoms with van der Waals surface area (Å²) < 4.78 is 16.5. The number of benzene rings is 1. The SMILES string of the molecule is COc1ccc(OC)c(C2CCCN2Cc2nc(-c3ccsc3)no2)c1. The van der Waals surface area contributed by atoms with Crippen LogP contribution in [0.25, 0.3) is 11.4 Å². The van der Waals surface area contributed by atoms with Gasteiger partial charge < -0.3 is 14.0 Å². The number of hydrogen-bond acceptors (Lipinski definition) is 7. The van der Waals surface area contributed by atoms with Crippen molar-refractivity contribution in [1.82, 2.24) is 15.0 Å². The van der Waals surface area contributed by atoms with Crippen molar-refractivity contribution in [2.24, 2.45) is 0 Å². The fraction of sp³-hybridized carbons (Fsp3) is 0.368. The number of ether oxygens (including phenoxy) is 2. The molecule has 1 aliphatic heterocycles. The minimum atomic E-state index is 0.247. The van der Waals surface area contributed by atoms with Gasteiger partial charge in [0.15, 0.2) is 0 Å². The lowest BCUT2D eigenvalue weighted by molar-refractivity contribution is 0.209. The van der Waals surface area contributed by atoms with Gasteiger partial charge in [0.2, 0.25) is 11.7 Å². The Bertz CT molecular complexity index is 863. The van der Waals surface area contributed by atoms with Crippen molar-refractivity contribution in [1.29, 1.82) is 0 Å². The predicted molar refractivity (Wildman–Crippen MR) is 99.5 cm³/mol. The summed E-state index contributed by atoms with van der Waals surface area (Å²) in [6.45, 7) is 1.61. The quantitative estimate of drug-likeness (QED) is 0.649. The normalized spacial score (nSPS) is 17.5. The maximum Gasteiger partial charge on any atom is 0.241 e. The zero-order valence-corrected chi connectivity index (χ0v) is 15.7. The third kappa shape index (κ3) is 3.32. The summed E-state index contributed by atoms with van der Waals surface area (Å²) in [5, 5.41) is 8.14. The molecule has 1 fully saturated rings. The molecule has 1 saturated heterocycles. The van der Waals surface area contributed by atoms with Crippen molar-refractivity contribution >= 4 is 11.3 Å². The summed E-state index contributed by atoms with van der Waals surface area (Å²) in [5.74, 6) is 3.01. The molecule has 1 aromatic carbocycles. The second-order valence-corrected chi connectivity index (χ2v) is 7.04. The van der Waals surface area contributed by atoms with Gasteiger partial charge >= 0.3 is 0 Å². The fourth-order valence-corrected chi connectivity index (χ4v) is 4.10. The van der Waals surface area contributed by atoms with Crippen molar-refractivity contribution in [3.8, 4) is 22.9 Å². The van der Waals surface area contributed by atoms with E-state index in [1.54, 1.807) is 25.6 Å². The molecule has 2 aromatic heterocycles. The Morgan fingerprint density at radius 3 is 2.96 bits per heavy atom. The first-order valence-corrected chi connectivity index (χ1v) is 9.54. The van der Waals surface area contributed by atoms with Gasteiger partial charge in [-0.05, 0) is 49.0 Å². The van der Waals surface area contributed by atoms with Crippen molar-refractivity contribution in [2.75, 3.05) is 20.8 Å². The Balaban J connectivity index is 1.56. The molecule has 6 nitrogen and oxygen atoms in total. The van der Waals surface area contributed by atoms with Crippen molar-refractivity contribution < 1.29 is 14.0 Å². The Kier molecular flexibility index (Phi) is 4.90. The molecule has 0 bridgehead atoms. The molecule has 1 unspecified atom stereocenters. The van der Waals surface area contributed by atoms with E-state index in [2.05, 4.69) is 21.1 Å². The third-order valence-electron chi connectivity index (χ3n) is 4.75. The van der Waals surface area contributed by atoms with Crippen LogP contribution in [-0.4, -0.2) is 35.8 Å². The zero-order valence-electron chi connectivity index (χ0n) is 14.8. The molecule has 1 atom stereocenters. The van der Waals surface area contributed by atoms with Gasteiger partial charge in [0.1, 0.15) is 11.5 Å². The highest BCUT2D eigenvalue weighted by atomic mass is 32.1. The predicted octanol–water partition coefficient (Wildman–Crippen LogP) is 4.15. The summed E-state index contributed by atoms with van der Waals surface area (Å²) in [6, 6.07) is 8.20. The highest BCUT2D eigenvalue weighted by molar-refractivity contribution is 7.08. The number of hydrogen-bond donors (Lipinski definition) is 0. The summed E-state index contributed by atoms with van der Waals surface area (Å²) in [5.41, 5.74) is 2.14. The second-order valence-electron chi connectivity index (χ2n) is 6.26. The number of aromatic nitrogens is 2. The number of thiophene rings is 1. The molecule has 0 saturated carbocycles. The highest BCUT2D eigenvalue weighted by Crippen LogP contribution is 2.39. The second kappa shape index (κ2) is 7.47. The Morgan fingerprint density at radius 1 is 1.27 bits per heavy atom. The van der Waals surface area contributed by atoms with Crippen LogP contribution in [0.4, 0.5) is 0 Å². The zero-order chi connectivity index (χ0) is 17.9. The largest absolute Gasteiger partial charge is 0.497 e. The van der Waals surface area contributed by atoms with Crippen LogP contribution in [0.2, 0.25) is 0 Å². The molecule has 26 heavy (non-hydrogen) atoms. The van der Waals surface area contributed by atoms with Crippen LogP contribution in [-0.2, 0) is 6.54 Å². The minimum Gasteiger partial charge on any atom is -0.497 e. The number of rotatable bonds is 6. The lowest BCUT2D eigenvalue weighted by Gasteiger charge is -2.25. The lowest BCUT2D eigenvalue weighted by atomic mass is 10.0. The average Bonchev–Trinajstić information content (AvgIpc) is 3.42. The van der Waals surface area contributed by atoms with Crippen molar-refractivity contribution in [2.45, 2.75) is 25.4 Å². The Labute approximate surface area is 156 Å². The maximum absolute atomic E-state index is 5.58. The molecule has 3 heterocycles. The lowest BCUT2D eigenvalue weighted by Crippen LogP contribution is -2.23. The first-order valence-electron chi connectivity index (χ1n) is 8.59. The summed E-state index contributed by atoms with van der Waals surface area (Å²) in [7, 11) is 3.39. The van der Waals surface area contributed by atoms with Crippen LogP contribution in [0, 0.1) is 0 Å². The van der Waals surface area contributed by atoms with E-state index in [0.717, 1.165) is 42.0 Å². The van der Waals surface area contributed by atoms with Crippen LogP contribution >= 0.6 is 11.3 Å². The van der Waals surface area contributed by atoms with E-state index in [-0.39, 0.29) is 6.04 Å². The van der Waals surface area contributed by atoms with E-state index in [9.17, 15) is 0 Å². The van der Waals surface area contributed by atoms with Crippen LogP contribution in [0.3, 0.4) is 0 Å². The molecule has 7 heteroatoms. The maximum atomic E-state index is 5.58. The first-order chi connectivity index (χ1) is 12.8. The van der Waals surface area contributed by atoms with Gasteiger partial charge in [-0.1, -0.05) is 5.16 Å². The van der Waals surface area contributed by atoms with Gasteiger partial charge in [0.05, 0.1) is 20.8 Å². The van der Waals surface area contributed by atoms with Crippen LogP contribution in [0.15, 0.2) is 39.5 Å². The van der Waals surface area contributed by atoms with E-state index in [1.165, 1.54) is 0 Å². The van der Waals surface area contributed by atoms with E-state index in [0.29, 0.717) is 18.3 Å². The van der Waals surface area contributed by atoms with E-state index in [4.69, 9.17) is 14.0 Å². The summed E-state index contributed by atoms with van der Waals surface area (Å²) in [4.78, 5) is 6.92.